The highest BCUT2D eigenvalue weighted by atomic mass is 19.1. The minimum absolute atomic E-state index is 0.300. The first-order valence-corrected chi connectivity index (χ1v) is 4.76. The molecule has 1 aromatic heterocycles. The van der Waals surface area contributed by atoms with Crippen LogP contribution in [0.4, 0.5) is 16.2 Å². The van der Waals surface area contributed by atoms with E-state index in [1.165, 1.54) is 12.6 Å². The van der Waals surface area contributed by atoms with Gasteiger partial charge in [-0.2, -0.15) is 4.98 Å². The van der Waals surface area contributed by atoms with Gasteiger partial charge < -0.3 is 10.6 Å². The van der Waals surface area contributed by atoms with Gasteiger partial charge in [0.05, 0.1) is 6.20 Å². The van der Waals surface area contributed by atoms with E-state index in [-0.39, 0.29) is 0 Å². The summed E-state index contributed by atoms with van der Waals surface area (Å²) in [4.78, 5) is 7.78. The Morgan fingerprint density at radius 1 is 1.50 bits per heavy atom. The van der Waals surface area contributed by atoms with Gasteiger partial charge in [-0.15, -0.1) is 0 Å². The highest BCUT2D eigenvalue weighted by molar-refractivity contribution is 5.41. The number of hydrogen-bond acceptors (Lipinski definition) is 4. The summed E-state index contributed by atoms with van der Waals surface area (Å²) < 4.78 is 13.2. The summed E-state index contributed by atoms with van der Waals surface area (Å²) in [6.45, 7) is 0. The SMILES string of the molecule is CNc1ncc(F)c(NC2CCC2)n1. The summed E-state index contributed by atoms with van der Waals surface area (Å²) in [6, 6.07) is 0.379. The van der Waals surface area contributed by atoms with E-state index in [1.807, 2.05) is 0 Å². The van der Waals surface area contributed by atoms with E-state index in [0.717, 1.165) is 12.8 Å². The van der Waals surface area contributed by atoms with Gasteiger partial charge in [0.15, 0.2) is 11.6 Å². The van der Waals surface area contributed by atoms with Crippen molar-refractivity contribution in [2.75, 3.05) is 17.7 Å². The first-order valence-electron chi connectivity index (χ1n) is 4.76. The molecule has 5 heteroatoms. The first kappa shape index (κ1) is 9.18. The van der Waals surface area contributed by atoms with Crippen molar-refractivity contribution >= 4 is 11.8 Å². The molecule has 14 heavy (non-hydrogen) atoms. The maximum absolute atomic E-state index is 13.2. The smallest absolute Gasteiger partial charge is 0.224 e. The molecule has 1 aliphatic carbocycles. The Hall–Kier alpha value is -1.39. The molecule has 0 saturated heterocycles. The number of halogens is 1. The van der Waals surface area contributed by atoms with Gasteiger partial charge in [0.1, 0.15) is 0 Å². The highest BCUT2D eigenvalue weighted by Gasteiger charge is 2.19. The lowest BCUT2D eigenvalue weighted by Gasteiger charge is -2.26. The largest absolute Gasteiger partial charge is 0.365 e. The molecule has 2 rings (SSSR count). The highest BCUT2D eigenvalue weighted by Crippen LogP contribution is 2.23. The van der Waals surface area contributed by atoms with Crippen LogP contribution >= 0.6 is 0 Å². The molecule has 0 bridgehead atoms. The number of nitrogens with zero attached hydrogens (tertiary/aromatic N) is 2. The van der Waals surface area contributed by atoms with Crippen LogP contribution in [0.5, 0.6) is 0 Å². The van der Waals surface area contributed by atoms with Crippen molar-refractivity contribution in [3.05, 3.63) is 12.0 Å². The van der Waals surface area contributed by atoms with Crippen molar-refractivity contribution in [2.24, 2.45) is 0 Å². The van der Waals surface area contributed by atoms with Gasteiger partial charge in [0.25, 0.3) is 0 Å². The van der Waals surface area contributed by atoms with Crippen LogP contribution in [0.25, 0.3) is 0 Å². The first-order chi connectivity index (χ1) is 6.79. The van der Waals surface area contributed by atoms with Crippen LogP contribution in [-0.4, -0.2) is 23.1 Å². The molecule has 0 unspecified atom stereocenters. The van der Waals surface area contributed by atoms with Gasteiger partial charge in [0, 0.05) is 13.1 Å². The zero-order chi connectivity index (χ0) is 9.97. The van der Waals surface area contributed by atoms with Crippen LogP contribution in [0, 0.1) is 5.82 Å². The van der Waals surface area contributed by atoms with Crippen LogP contribution in [0.3, 0.4) is 0 Å². The van der Waals surface area contributed by atoms with Crippen molar-refractivity contribution in [2.45, 2.75) is 25.3 Å². The molecule has 1 heterocycles. The lowest BCUT2D eigenvalue weighted by atomic mass is 9.93. The van der Waals surface area contributed by atoms with Gasteiger partial charge >= 0.3 is 0 Å². The molecule has 1 saturated carbocycles. The van der Waals surface area contributed by atoms with Crippen LogP contribution in [0.1, 0.15) is 19.3 Å². The van der Waals surface area contributed by atoms with Crippen molar-refractivity contribution in [3.8, 4) is 0 Å². The molecule has 0 amide bonds. The van der Waals surface area contributed by atoms with E-state index in [4.69, 9.17) is 0 Å². The molecule has 0 aliphatic heterocycles. The average molecular weight is 196 g/mol. The topological polar surface area (TPSA) is 49.8 Å². The average Bonchev–Trinajstić information content (AvgIpc) is 2.14. The predicted molar refractivity (Wildman–Crippen MR) is 52.8 cm³/mol. The number of hydrogen-bond donors (Lipinski definition) is 2. The fourth-order valence-corrected chi connectivity index (χ4v) is 1.33. The van der Waals surface area contributed by atoms with Crippen LogP contribution in [0.2, 0.25) is 0 Å². The Morgan fingerprint density at radius 3 is 2.86 bits per heavy atom. The third-order valence-corrected chi connectivity index (χ3v) is 2.41. The number of nitrogens with one attached hydrogen (secondary N) is 2. The third-order valence-electron chi connectivity index (χ3n) is 2.41. The fourth-order valence-electron chi connectivity index (χ4n) is 1.33. The summed E-state index contributed by atoms with van der Waals surface area (Å²) in [7, 11) is 1.71. The molecule has 1 aliphatic rings. The molecule has 1 aromatic rings. The van der Waals surface area contributed by atoms with Crippen LogP contribution in [0.15, 0.2) is 6.20 Å². The standard InChI is InChI=1S/C9H13FN4/c1-11-9-12-5-7(10)8(14-9)13-6-3-2-4-6/h5-6H,2-4H2,1H3,(H2,11,12,13,14). The summed E-state index contributed by atoms with van der Waals surface area (Å²) in [6.07, 6.45) is 4.58. The molecule has 0 atom stereocenters. The van der Waals surface area contributed by atoms with E-state index in [0.29, 0.717) is 17.8 Å². The predicted octanol–water partition coefficient (Wildman–Crippen LogP) is 1.62. The zero-order valence-corrected chi connectivity index (χ0v) is 8.05. The number of anilines is 2. The molecule has 0 spiro atoms. The zero-order valence-electron chi connectivity index (χ0n) is 8.05. The minimum Gasteiger partial charge on any atom is -0.365 e. The Labute approximate surface area is 82.0 Å². The third kappa shape index (κ3) is 1.76. The quantitative estimate of drug-likeness (QED) is 0.771. The van der Waals surface area contributed by atoms with Gasteiger partial charge in [-0.05, 0) is 19.3 Å². The molecular formula is C9H13FN4. The van der Waals surface area contributed by atoms with Crippen molar-refractivity contribution < 1.29 is 4.39 Å². The second kappa shape index (κ2) is 3.77. The Kier molecular flexibility index (Phi) is 2.47. The Morgan fingerprint density at radius 2 is 2.29 bits per heavy atom. The van der Waals surface area contributed by atoms with Crippen LogP contribution < -0.4 is 10.6 Å². The molecule has 1 fully saturated rings. The summed E-state index contributed by atoms with van der Waals surface area (Å²) in [5, 5.41) is 5.83. The normalized spacial score (nSPS) is 16.1. The summed E-state index contributed by atoms with van der Waals surface area (Å²) in [5.74, 6) is 0.346. The second-order valence-corrected chi connectivity index (χ2v) is 3.41. The van der Waals surface area contributed by atoms with Crippen molar-refractivity contribution in [1.82, 2.24) is 9.97 Å². The Bertz CT molecular complexity index is 325. The van der Waals surface area contributed by atoms with Gasteiger partial charge in [-0.1, -0.05) is 0 Å². The van der Waals surface area contributed by atoms with Gasteiger partial charge in [-0.25, -0.2) is 9.37 Å². The monoisotopic (exact) mass is 196 g/mol. The van der Waals surface area contributed by atoms with Crippen molar-refractivity contribution in [3.63, 3.8) is 0 Å². The second-order valence-electron chi connectivity index (χ2n) is 3.41. The molecule has 0 aromatic carbocycles. The lowest BCUT2D eigenvalue weighted by molar-refractivity contribution is 0.441. The minimum atomic E-state index is -0.393. The van der Waals surface area contributed by atoms with Gasteiger partial charge in [-0.3, -0.25) is 0 Å². The van der Waals surface area contributed by atoms with E-state index in [2.05, 4.69) is 20.6 Å². The van der Waals surface area contributed by atoms with E-state index < -0.39 is 5.82 Å². The number of rotatable bonds is 3. The fraction of sp³-hybridized carbons (Fsp3) is 0.556. The van der Waals surface area contributed by atoms with Gasteiger partial charge in [0.2, 0.25) is 5.95 Å². The molecule has 4 nitrogen and oxygen atoms in total. The van der Waals surface area contributed by atoms with Crippen molar-refractivity contribution in [1.29, 1.82) is 0 Å². The Balaban J connectivity index is 2.13. The maximum atomic E-state index is 13.2. The molecule has 76 valence electrons. The van der Waals surface area contributed by atoms with E-state index in [1.54, 1.807) is 7.05 Å². The number of aromatic nitrogens is 2. The van der Waals surface area contributed by atoms with E-state index in [9.17, 15) is 4.39 Å². The molecular weight excluding hydrogens is 183 g/mol. The molecule has 2 N–H and O–H groups in total. The molecule has 0 radical (unpaired) electrons. The maximum Gasteiger partial charge on any atom is 0.224 e. The summed E-state index contributed by atoms with van der Waals surface area (Å²) in [5.41, 5.74) is 0. The lowest BCUT2D eigenvalue weighted by Crippen LogP contribution is -2.28. The summed E-state index contributed by atoms with van der Waals surface area (Å²) >= 11 is 0. The van der Waals surface area contributed by atoms with Crippen LogP contribution in [-0.2, 0) is 0 Å². The van der Waals surface area contributed by atoms with E-state index >= 15 is 0 Å².